The molecule has 1 saturated heterocycles. The summed E-state index contributed by atoms with van der Waals surface area (Å²) in [5.41, 5.74) is 3.16. The van der Waals surface area contributed by atoms with Gasteiger partial charge in [0.1, 0.15) is 5.82 Å². The Morgan fingerprint density at radius 1 is 0.903 bits per heavy atom. The number of nitrogens with zero attached hydrogens (tertiary/aromatic N) is 4. The number of hydrogen-bond donors (Lipinski definition) is 1. The van der Waals surface area contributed by atoms with Crippen molar-refractivity contribution in [2.75, 3.05) is 36.5 Å². The highest BCUT2D eigenvalue weighted by molar-refractivity contribution is 5.80. The lowest BCUT2D eigenvalue weighted by molar-refractivity contribution is 0.122. The molecule has 0 radical (unpaired) electrons. The Hall–Kier alpha value is -3.58. The molecule has 0 amide bonds. The molecule has 2 aromatic heterocycles. The fraction of sp³-hybridized carbons (Fsp3) is 0.208. The Morgan fingerprint density at radius 3 is 2.42 bits per heavy atom. The maximum absolute atomic E-state index is 14.1. The molecule has 156 valence electrons. The minimum Gasteiger partial charge on any atom is -0.378 e. The second-order valence-corrected chi connectivity index (χ2v) is 7.37. The number of pyridine rings is 1. The van der Waals surface area contributed by atoms with E-state index in [1.807, 2.05) is 48.5 Å². The molecule has 1 fully saturated rings. The summed E-state index contributed by atoms with van der Waals surface area (Å²) in [6.45, 7) is 2.74. The van der Waals surface area contributed by atoms with Crippen molar-refractivity contribution in [1.29, 1.82) is 0 Å². The SMILES string of the molecule is Fc1cccc(C(Nc2nc3ccccc3nc2N2CCOCC2)c2ccccn2)c1. The molecule has 2 aromatic carbocycles. The van der Waals surface area contributed by atoms with Crippen molar-refractivity contribution >= 4 is 22.7 Å². The molecule has 4 aromatic rings. The van der Waals surface area contributed by atoms with E-state index in [0.717, 1.165) is 41.2 Å². The van der Waals surface area contributed by atoms with Crippen LogP contribution in [-0.4, -0.2) is 41.3 Å². The molecule has 3 heterocycles. The van der Waals surface area contributed by atoms with E-state index in [9.17, 15) is 4.39 Å². The van der Waals surface area contributed by atoms with Gasteiger partial charge in [0.15, 0.2) is 11.6 Å². The van der Waals surface area contributed by atoms with Crippen LogP contribution in [0.25, 0.3) is 11.0 Å². The molecular formula is C24H22FN5O. The normalized spacial score (nSPS) is 15.1. The van der Waals surface area contributed by atoms with Gasteiger partial charge in [0.25, 0.3) is 0 Å². The van der Waals surface area contributed by atoms with Gasteiger partial charge in [-0.3, -0.25) is 4.98 Å². The van der Waals surface area contributed by atoms with E-state index < -0.39 is 0 Å². The maximum atomic E-state index is 14.1. The minimum absolute atomic E-state index is 0.293. The van der Waals surface area contributed by atoms with Crippen LogP contribution in [0.3, 0.4) is 0 Å². The van der Waals surface area contributed by atoms with Gasteiger partial charge in [0, 0.05) is 19.3 Å². The number of aromatic nitrogens is 3. The Bertz CT molecular complexity index is 1180. The number of para-hydroxylation sites is 2. The zero-order valence-corrected chi connectivity index (χ0v) is 16.9. The quantitative estimate of drug-likeness (QED) is 0.527. The molecule has 1 atom stereocenters. The number of nitrogens with one attached hydrogen (secondary N) is 1. The molecule has 1 aliphatic heterocycles. The number of hydrogen-bond acceptors (Lipinski definition) is 6. The average Bonchev–Trinajstić information content (AvgIpc) is 2.83. The molecule has 1 N–H and O–H groups in total. The van der Waals surface area contributed by atoms with E-state index in [2.05, 4.69) is 15.2 Å². The van der Waals surface area contributed by atoms with Crippen LogP contribution < -0.4 is 10.2 Å². The van der Waals surface area contributed by atoms with Crippen molar-refractivity contribution in [3.8, 4) is 0 Å². The maximum Gasteiger partial charge on any atom is 0.172 e. The van der Waals surface area contributed by atoms with Gasteiger partial charge in [-0.25, -0.2) is 14.4 Å². The van der Waals surface area contributed by atoms with Crippen LogP contribution in [0.15, 0.2) is 72.9 Å². The van der Waals surface area contributed by atoms with Crippen molar-refractivity contribution in [3.05, 3.63) is 90.0 Å². The molecule has 6 nitrogen and oxygen atoms in total. The summed E-state index contributed by atoms with van der Waals surface area (Å²) in [5.74, 6) is 1.11. The van der Waals surface area contributed by atoms with Crippen molar-refractivity contribution in [3.63, 3.8) is 0 Å². The topological polar surface area (TPSA) is 63.2 Å². The molecule has 0 bridgehead atoms. The first-order chi connectivity index (χ1) is 15.3. The number of morpholine rings is 1. The summed E-state index contributed by atoms with van der Waals surface area (Å²) in [6, 6.07) is 19.7. The van der Waals surface area contributed by atoms with Gasteiger partial charge in [-0.15, -0.1) is 0 Å². The second kappa shape index (κ2) is 8.65. The molecule has 0 spiro atoms. The van der Waals surface area contributed by atoms with Crippen LogP contribution >= 0.6 is 0 Å². The lowest BCUT2D eigenvalue weighted by atomic mass is 10.0. The smallest absolute Gasteiger partial charge is 0.172 e. The molecule has 1 unspecified atom stereocenters. The summed E-state index contributed by atoms with van der Waals surface area (Å²) >= 11 is 0. The largest absolute Gasteiger partial charge is 0.378 e. The van der Waals surface area contributed by atoms with Crippen LogP contribution in [0.5, 0.6) is 0 Å². The highest BCUT2D eigenvalue weighted by Crippen LogP contribution is 2.31. The van der Waals surface area contributed by atoms with Gasteiger partial charge in [-0.1, -0.05) is 30.3 Å². The fourth-order valence-corrected chi connectivity index (χ4v) is 3.78. The van der Waals surface area contributed by atoms with E-state index in [0.29, 0.717) is 19.0 Å². The van der Waals surface area contributed by atoms with Crippen molar-refractivity contribution in [1.82, 2.24) is 15.0 Å². The molecule has 31 heavy (non-hydrogen) atoms. The predicted molar refractivity (Wildman–Crippen MR) is 119 cm³/mol. The first-order valence-corrected chi connectivity index (χ1v) is 10.3. The van der Waals surface area contributed by atoms with E-state index >= 15 is 0 Å². The van der Waals surface area contributed by atoms with Gasteiger partial charge < -0.3 is 15.0 Å². The van der Waals surface area contributed by atoms with Crippen LogP contribution in [-0.2, 0) is 4.74 Å². The summed E-state index contributed by atoms with van der Waals surface area (Å²) in [4.78, 5) is 16.5. The molecule has 0 saturated carbocycles. The third kappa shape index (κ3) is 4.18. The standard InChI is InChI=1S/C24H22FN5O/c25-18-7-5-6-17(16-18)22(21-10-3-4-11-26-21)29-23-24(30-12-14-31-15-13-30)28-20-9-2-1-8-19(20)27-23/h1-11,16,22H,12-15H2,(H,27,29). The first kappa shape index (κ1) is 19.4. The average molecular weight is 415 g/mol. The van der Waals surface area contributed by atoms with E-state index in [4.69, 9.17) is 14.7 Å². The molecular weight excluding hydrogens is 393 g/mol. The zero-order chi connectivity index (χ0) is 21.0. The summed E-state index contributed by atoms with van der Waals surface area (Å²) in [6.07, 6.45) is 1.73. The van der Waals surface area contributed by atoms with Gasteiger partial charge in [-0.2, -0.15) is 0 Å². The molecule has 5 rings (SSSR count). The van der Waals surface area contributed by atoms with Crippen LogP contribution in [0.2, 0.25) is 0 Å². The second-order valence-electron chi connectivity index (χ2n) is 7.37. The summed E-state index contributed by atoms with van der Waals surface area (Å²) in [7, 11) is 0. The summed E-state index contributed by atoms with van der Waals surface area (Å²) < 4.78 is 19.6. The predicted octanol–water partition coefficient (Wildman–Crippen LogP) is 4.20. The van der Waals surface area contributed by atoms with Gasteiger partial charge in [0.05, 0.1) is 36.0 Å². The van der Waals surface area contributed by atoms with Crippen LogP contribution in [0, 0.1) is 5.82 Å². The zero-order valence-electron chi connectivity index (χ0n) is 16.9. The van der Waals surface area contributed by atoms with E-state index in [-0.39, 0.29) is 11.9 Å². The van der Waals surface area contributed by atoms with Crippen LogP contribution in [0.4, 0.5) is 16.0 Å². The first-order valence-electron chi connectivity index (χ1n) is 10.3. The molecule has 1 aliphatic rings. The lowest BCUT2D eigenvalue weighted by Crippen LogP contribution is -2.37. The van der Waals surface area contributed by atoms with E-state index in [1.54, 1.807) is 12.3 Å². The number of anilines is 2. The van der Waals surface area contributed by atoms with Crippen molar-refractivity contribution in [2.24, 2.45) is 0 Å². The van der Waals surface area contributed by atoms with Crippen molar-refractivity contribution in [2.45, 2.75) is 6.04 Å². The highest BCUT2D eigenvalue weighted by Gasteiger charge is 2.23. The van der Waals surface area contributed by atoms with Crippen LogP contribution in [0.1, 0.15) is 17.3 Å². The lowest BCUT2D eigenvalue weighted by Gasteiger charge is -2.30. The Kier molecular flexibility index (Phi) is 5.41. The number of benzene rings is 2. The summed E-state index contributed by atoms with van der Waals surface area (Å²) in [5, 5.41) is 3.51. The van der Waals surface area contributed by atoms with Gasteiger partial charge >= 0.3 is 0 Å². The van der Waals surface area contributed by atoms with Gasteiger partial charge in [-0.05, 0) is 42.0 Å². The highest BCUT2D eigenvalue weighted by atomic mass is 19.1. The third-order valence-corrected chi connectivity index (χ3v) is 5.31. The molecule has 0 aliphatic carbocycles. The number of fused-ring (bicyclic) bond motifs is 1. The number of rotatable bonds is 5. The monoisotopic (exact) mass is 415 g/mol. The Balaban J connectivity index is 1.62. The minimum atomic E-state index is -0.382. The Labute approximate surface area is 179 Å². The Morgan fingerprint density at radius 2 is 1.68 bits per heavy atom. The van der Waals surface area contributed by atoms with E-state index in [1.165, 1.54) is 12.1 Å². The third-order valence-electron chi connectivity index (χ3n) is 5.31. The fourth-order valence-electron chi connectivity index (χ4n) is 3.78. The molecule has 7 heteroatoms. The number of halogens is 1. The van der Waals surface area contributed by atoms with Gasteiger partial charge in [0.2, 0.25) is 0 Å². The number of ether oxygens (including phenoxy) is 1. The van der Waals surface area contributed by atoms with Crippen molar-refractivity contribution < 1.29 is 9.13 Å².